The molecule has 0 aliphatic rings. The number of rotatable bonds is 4. The predicted molar refractivity (Wildman–Crippen MR) is 65.7 cm³/mol. The number of benzene rings is 1. The number of phenols is 1. The average molecular weight is 237 g/mol. The van der Waals surface area contributed by atoms with E-state index in [4.69, 9.17) is 0 Å². The topological polar surface area (TPSA) is 69.6 Å². The second kappa shape index (κ2) is 5.19. The molecule has 0 saturated heterocycles. The third kappa shape index (κ3) is 3.75. The number of aliphatic hydroxyl groups excluding tert-OH is 1. The van der Waals surface area contributed by atoms with E-state index in [1.54, 1.807) is 45.0 Å². The third-order valence-electron chi connectivity index (χ3n) is 2.85. The molecule has 94 valence electrons. The van der Waals surface area contributed by atoms with Gasteiger partial charge in [0.2, 0.25) is 5.91 Å². The molecule has 17 heavy (non-hydrogen) atoms. The van der Waals surface area contributed by atoms with Crippen LogP contribution in [0.2, 0.25) is 0 Å². The van der Waals surface area contributed by atoms with Crippen molar-refractivity contribution in [2.45, 2.75) is 38.8 Å². The van der Waals surface area contributed by atoms with Gasteiger partial charge in [-0.2, -0.15) is 0 Å². The Morgan fingerprint density at radius 1 is 1.41 bits per heavy atom. The maximum atomic E-state index is 11.8. The number of aromatic hydroxyl groups is 1. The molecular weight excluding hydrogens is 218 g/mol. The van der Waals surface area contributed by atoms with Crippen molar-refractivity contribution in [2.75, 3.05) is 0 Å². The molecule has 0 spiro atoms. The molecule has 1 rings (SSSR count). The van der Waals surface area contributed by atoms with E-state index in [1.807, 2.05) is 0 Å². The van der Waals surface area contributed by atoms with Crippen LogP contribution in [0.5, 0.6) is 5.75 Å². The van der Waals surface area contributed by atoms with Crippen molar-refractivity contribution in [3.63, 3.8) is 0 Å². The van der Waals surface area contributed by atoms with Crippen molar-refractivity contribution in [3.8, 4) is 5.75 Å². The van der Waals surface area contributed by atoms with Gasteiger partial charge in [0, 0.05) is 5.56 Å². The Kier molecular flexibility index (Phi) is 4.12. The average Bonchev–Trinajstić information content (AvgIpc) is 2.20. The van der Waals surface area contributed by atoms with Crippen LogP contribution in [-0.2, 0) is 11.2 Å². The fourth-order valence-electron chi connectivity index (χ4n) is 1.34. The summed E-state index contributed by atoms with van der Waals surface area (Å²) < 4.78 is 0. The van der Waals surface area contributed by atoms with Crippen molar-refractivity contribution >= 4 is 5.91 Å². The Labute approximate surface area is 101 Å². The number of hydrogen-bond donors (Lipinski definition) is 3. The van der Waals surface area contributed by atoms with Crippen LogP contribution in [0.3, 0.4) is 0 Å². The van der Waals surface area contributed by atoms with Crippen LogP contribution in [0.15, 0.2) is 24.3 Å². The Balaban J connectivity index is 2.66. The minimum atomic E-state index is -0.679. The first-order valence-electron chi connectivity index (χ1n) is 5.59. The Hall–Kier alpha value is -1.55. The standard InChI is InChI=1S/C13H19NO3/c1-9(15)13(2,3)14-12(17)8-10-6-4-5-7-11(10)16/h4-7,9,15-16H,8H2,1-3H3,(H,14,17). The number of nitrogens with one attached hydrogen (secondary N) is 1. The third-order valence-corrected chi connectivity index (χ3v) is 2.85. The highest BCUT2D eigenvalue weighted by Crippen LogP contribution is 2.16. The summed E-state index contributed by atoms with van der Waals surface area (Å²) in [6, 6.07) is 6.71. The van der Waals surface area contributed by atoms with Crippen LogP contribution >= 0.6 is 0 Å². The molecular formula is C13H19NO3. The summed E-state index contributed by atoms with van der Waals surface area (Å²) in [6.07, 6.45) is -0.543. The molecule has 0 aliphatic heterocycles. The fraction of sp³-hybridized carbons (Fsp3) is 0.462. The number of amides is 1. The Morgan fingerprint density at radius 3 is 2.53 bits per heavy atom. The van der Waals surface area contributed by atoms with Crippen LogP contribution < -0.4 is 5.32 Å². The largest absolute Gasteiger partial charge is 0.508 e. The van der Waals surface area contributed by atoms with E-state index in [2.05, 4.69) is 5.32 Å². The minimum absolute atomic E-state index is 0.100. The Morgan fingerprint density at radius 2 is 2.00 bits per heavy atom. The molecule has 4 heteroatoms. The molecule has 0 saturated carbocycles. The summed E-state index contributed by atoms with van der Waals surface area (Å²) in [6.45, 7) is 5.13. The van der Waals surface area contributed by atoms with Crippen LogP contribution in [0.1, 0.15) is 26.3 Å². The SMILES string of the molecule is CC(O)C(C)(C)NC(=O)Cc1ccccc1O. The highest BCUT2D eigenvalue weighted by Gasteiger charge is 2.26. The molecule has 1 unspecified atom stereocenters. The molecule has 1 aromatic rings. The first-order chi connectivity index (χ1) is 7.83. The lowest BCUT2D eigenvalue weighted by Crippen LogP contribution is -2.51. The van der Waals surface area contributed by atoms with E-state index in [1.165, 1.54) is 0 Å². The molecule has 0 fully saturated rings. The number of carbonyl (C=O) groups excluding carboxylic acids is 1. The van der Waals surface area contributed by atoms with E-state index >= 15 is 0 Å². The van der Waals surface area contributed by atoms with E-state index in [-0.39, 0.29) is 18.1 Å². The van der Waals surface area contributed by atoms with Gasteiger partial charge >= 0.3 is 0 Å². The van der Waals surface area contributed by atoms with Gasteiger partial charge in [0.1, 0.15) is 5.75 Å². The van der Waals surface area contributed by atoms with Crippen molar-refractivity contribution in [3.05, 3.63) is 29.8 Å². The van der Waals surface area contributed by atoms with Crippen LogP contribution in [0.4, 0.5) is 0 Å². The van der Waals surface area contributed by atoms with Crippen molar-refractivity contribution in [2.24, 2.45) is 0 Å². The summed E-state index contributed by atoms with van der Waals surface area (Å²) in [5, 5.41) is 21.8. The molecule has 4 nitrogen and oxygen atoms in total. The molecule has 0 bridgehead atoms. The zero-order chi connectivity index (χ0) is 13.1. The maximum Gasteiger partial charge on any atom is 0.225 e. The molecule has 3 N–H and O–H groups in total. The smallest absolute Gasteiger partial charge is 0.225 e. The second-order valence-electron chi connectivity index (χ2n) is 4.75. The lowest BCUT2D eigenvalue weighted by atomic mass is 9.98. The minimum Gasteiger partial charge on any atom is -0.508 e. The summed E-state index contributed by atoms with van der Waals surface area (Å²) in [7, 11) is 0. The number of para-hydroxylation sites is 1. The van der Waals surface area contributed by atoms with Gasteiger partial charge in [0.25, 0.3) is 0 Å². The van der Waals surface area contributed by atoms with Crippen LogP contribution in [0.25, 0.3) is 0 Å². The van der Waals surface area contributed by atoms with E-state index in [9.17, 15) is 15.0 Å². The van der Waals surface area contributed by atoms with E-state index < -0.39 is 11.6 Å². The molecule has 0 heterocycles. The van der Waals surface area contributed by atoms with Gasteiger partial charge < -0.3 is 15.5 Å². The highest BCUT2D eigenvalue weighted by molar-refractivity contribution is 5.80. The van der Waals surface area contributed by atoms with Gasteiger partial charge in [0.05, 0.1) is 18.1 Å². The van der Waals surface area contributed by atoms with Gasteiger partial charge in [-0.3, -0.25) is 4.79 Å². The van der Waals surface area contributed by atoms with Gasteiger partial charge in [-0.1, -0.05) is 18.2 Å². The molecule has 1 amide bonds. The Bertz CT molecular complexity index is 399. The van der Waals surface area contributed by atoms with Crippen molar-refractivity contribution in [1.82, 2.24) is 5.32 Å². The quantitative estimate of drug-likeness (QED) is 0.737. The normalized spacial score (nSPS) is 13.2. The molecule has 0 aliphatic carbocycles. The molecule has 1 aromatic carbocycles. The number of carbonyl (C=O) groups is 1. The van der Waals surface area contributed by atoms with Crippen molar-refractivity contribution in [1.29, 1.82) is 0 Å². The number of phenolic OH excluding ortho intramolecular Hbond substituents is 1. The first-order valence-corrected chi connectivity index (χ1v) is 5.59. The molecule has 0 radical (unpaired) electrons. The fourth-order valence-corrected chi connectivity index (χ4v) is 1.34. The monoisotopic (exact) mass is 237 g/mol. The second-order valence-corrected chi connectivity index (χ2v) is 4.75. The zero-order valence-corrected chi connectivity index (χ0v) is 10.4. The summed E-state index contributed by atoms with van der Waals surface area (Å²) in [5.74, 6) is -0.116. The highest BCUT2D eigenvalue weighted by atomic mass is 16.3. The predicted octanol–water partition coefficient (Wildman–Crippen LogP) is 1.21. The molecule has 1 atom stereocenters. The summed E-state index contributed by atoms with van der Waals surface area (Å²) in [4.78, 5) is 11.8. The molecule has 0 aromatic heterocycles. The van der Waals surface area contributed by atoms with E-state index in [0.29, 0.717) is 5.56 Å². The van der Waals surface area contributed by atoms with Crippen LogP contribution in [-0.4, -0.2) is 27.8 Å². The lowest BCUT2D eigenvalue weighted by molar-refractivity contribution is -0.123. The van der Waals surface area contributed by atoms with Crippen molar-refractivity contribution < 1.29 is 15.0 Å². The van der Waals surface area contributed by atoms with Gasteiger partial charge in [0.15, 0.2) is 0 Å². The summed E-state index contributed by atoms with van der Waals surface area (Å²) >= 11 is 0. The van der Waals surface area contributed by atoms with Crippen LogP contribution in [0, 0.1) is 0 Å². The van der Waals surface area contributed by atoms with Gasteiger partial charge in [-0.25, -0.2) is 0 Å². The first kappa shape index (κ1) is 13.5. The van der Waals surface area contributed by atoms with Gasteiger partial charge in [-0.05, 0) is 26.8 Å². The zero-order valence-electron chi connectivity index (χ0n) is 10.4. The number of aliphatic hydroxyl groups is 1. The number of hydrogen-bond acceptors (Lipinski definition) is 3. The lowest BCUT2D eigenvalue weighted by Gasteiger charge is -2.29. The van der Waals surface area contributed by atoms with Gasteiger partial charge in [-0.15, -0.1) is 0 Å². The van der Waals surface area contributed by atoms with E-state index in [0.717, 1.165) is 0 Å². The summed E-state index contributed by atoms with van der Waals surface area (Å²) in [5.41, 5.74) is -0.104. The maximum absolute atomic E-state index is 11.8.